The molecule has 0 fully saturated rings. The van der Waals surface area contributed by atoms with Crippen LogP contribution in [0.25, 0.3) is 0 Å². The lowest BCUT2D eigenvalue weighted by Crippen LogP contribution is -2.28. The number of hydrogen-bond acceptors (Lipinski definition) is 2. The highest BCUT2D eigenvalue weighted by atomic mass is 79.9. The quantitative estimate of drug-likeness (QED) is 0.834. The van der Waals surface area contributed by atoms with E-state index in [9.17, 15) is 4.79 Å². The third kappa shape index (κ3) is 4.42. The van der Waals surface area contributed by atoms with E-state index in [1.807, 2.05) is 0 Å². The maximum absolute atomic E-state index is 11.6. The lowest BCUT2D eigenvalue weighted by atomic mass is 10.1. The Balaban J connectivity index is 2.37. The van der Waals surface area contributed by atoms with Crippen LogP contribution in [0, 0.1) is 5.92 Å². The van der Waals surface area contributed by atoms with Crippen molar-refractivity contribution in [2.75, 3.05) is 11.9 Å². The molecule has 1 N–H and O–H groups in total. The molecule has 1 aromatic rings. The molecule has 15 heavy (non-hydrogen) atoms. The van der Waals surface area contributed by atoms with Crippen molar-refractivity contribution in [2.24, 2.45) is 5.92 Å². The van der Waals surface area contributed by atoms with Gasteiger partial charge in [0.25, 0.3) is 5.91 Å². The standard InChI is InChI=1S/C11H15BrN2O/c1-9(4-5-12)7-14-11(15)10-3-2-6-13-8-10/h2-3,6,8-9H,4-5,7H2,1H3,(H,14,15). The van der Waals surface area contributed by atoms with Crippen LogP contribution in [0.5, 0.6) is 0 Å². The van der Waals surface area contributed by atoms with Gasteiger partial charge < -0.3 is 5.32 Å². The van der Waals surface area contributed by atoms with E-state index in [4.69, 9.17) is 0 Å². The van der Waals surface area contributed by atoms with E-state index in [0.29, 0.717) is 18.0 Å². The van der Waals surface area contributed by atoms with E-state index < -0.39 is 0 Å². The number of amides is 1. The highest BCUT2D eigenvalue weighted by Gasteiger charge is 2.06. The third-order valence-corrected chi connectivity index (χ3v) is 2.59. The van der Waals surface area contributed by atoms with Gasteiger partial charge in [-0.15, -0.1) is 0 Å². The fraction of sp³-hybridized carbons (Fsp3) is 0.455. The molecule has 1 rings (SSSR count). The second-order valence-electron chi connectivity index (χ2n) is 3.53. The second-order valence-corrected chi connectivity index (χ2v) is 4.33. The largest absolute Gasteiger partial charge is 0.352 e. The maximum Gasteiger partial charge on any atom is 0.252 e. The summed E-state index contributed by atoms with van der Waals surface area (Å²) in [6, 6.07) is 3.52. The first-order chi connectivity index (χ1) is 7.24. The first kappa shape index (κ1) is 12.2. The normalized spacial score (nSPS) is 12.1. The van der Waals surface area contributed by atoms with Crippen LogP contribution in [0.15, 0.2) is 24.5 Å². The van der Waals surface area contributed by atoms with Gasteiger partial charge in [-0.05, 0) is 24.5 Å². The van der Waals surface area contributed by atoms with Gasteiger partial charge in [0.2, 0.25) is 0 Å². The number of aromatic nitrogens is 1. The van der Waals surface area contributed by atoms with Crippen LogP contribution in [-0.2, 0) is 0 Å². The summed E-state index contributed by atoms with van der Waals surface area (Å²) >= 11 is 3.38. The van der Waals surface area contributed by atoms with Crippen molar-refractivity contribution in [2.45, 2.75) is 13.3 Å². The Morgan fingerprint density at radius 1 is 1.67 bits per heavy atom. The highest BCUT2D eigenvalue weighted by Crippen LogP contribution is 2.03. The molecule has 1 heterocycles. The number of alkyl halides is 1. The van der Waals surface area contributed by atoms with E-state index >= 15 is 0 Å². The van der Waals surface area contributed by atoms with Crippen LogP contribution >= 0.6 is 15.9 Å². The molecule has 0 saturated heterocycles. The Hall–Kier alpha value is -0.900. The lowest BCUT2D eigenvalue weighted by molar-refractivity contribution is 0.0947. The predicted octanol–water partition coefficient (Wildman–Crippen LogP) is 2.23. The smallest absolute Gasteiger partial charge is 0.252 e. The molecular formula is C11H15BrN2O. The van der Waals surface area contributed by atoms with Crippen molar-refractivity contribution in [1.82, 2.24) is 10.3 Å². The first-order valence-corrected chi connectivity index (χ1v) is 6.10. The topological polar surface area (TPSA) is 42.0 Å². The average molecular weight is 271 g/mol. The van der Waals surface area contributed by atoms with Gasteiger partial charge in [0.1, 0.15) is 0 Å². The molecule has 82 valence electrons. The van der Waals surface area contributed by atoms with E-state index in [1.54, 1.807) is 24.5 Å². The molecule has 0 saturated carbocycles. The molecular weight excluding hydrogens is 256 g/mol. The summed E-state index contributed by atoms with van der Waals surface area (Å²) < 4.78 is 0. The van der Waals surface area contributed by atoms with Crippen LogP contribution in [0.1, 0.15) is 23.7 Å². The van der Waals surface area contributed by atoms with E-state index in [0.717, 1.165) is 11.8 Å². The zero-order chi connectivity index (χ0) is 11.1. The number of nitrogens with one attached hydrogen (secondary N) is 1. The summed E-state index contributed by atoms with van der Waals surface area (Å²) in [5, 5.41) is 3.85. The van der Waals surface area contributed by atoms with E-state index in [2.05, 4.69) is 33.2 Å². The summed E-state index contributed by atoms with van der Waals surface area (Å²) in [6.07, 6.45) is 4.29. The average Bonchev–Trinajstić information content (AvgIpc) is 2.27. The minimum Gasteiger partial charge on any atom is -0.352 e. The number of nitrogens with zero attached hydrogens (tertiary/aromatic N) is 1. The summed E-state index contributed by atoms with van der Waals surface area (Å²) in [6.45, 7) is 2.82. The predicted molar refractivity (Wildman–Crippen MR) is 64.1 cm³/mol. The van der Waals surface area contributed by atoms with E-state index in [-0.39, 0.29) is 5.91 Å². The number of pyridine rings is 1. The highest BCUT2D eigenvalue weighted by molar-refractivity contribution is 9.09. The number of carbonyl (C=O) groups is 1. The Kier molecular flexibility index (Phi) is 5.32. The number of halogens is 1. The summed E-state index contributed by atoms with van der Waals surface area (Å²) in [7, 11) is 0. The molecule has 1 aromatic heterocycles. The van der Waals surface area contributed by atoms with Crippen molar-refractivity contribution in [3.63, 3.8) is 0 Å². The molecule has 0 aromatic carbocycles. The fourth-order valence-electron chi connectivity index (χ4n) is 1.15. The van der Waals surface area contributed by atoms with Crippen LogP contribution in [-0.4, -0.2) is 22.8 Å². The summed E-state index contributed by atoms with van der Waals surface area (Å²) in [5.41, 5.74) is 0.614. The van der Waals surface area contributed by atoms with Crippen molar-refractivity contribution in [3.8, 4) is 0 Å². The molecule has 0 aliphatic rings. The Morgan fingerprint density at radius 3 is 3.07 bits per heavy atom. The molecule has 1 amide bonds. The molecule has 1 atom stereocenters. The maximum atomic E-state index is 11.6. The third-order valence-electron chi connectivity index (χ3n) is 2.14. The first-order valence-electron chi connectivity index (χ1n) is 4.98. The van der Waals surface area contributed by atoms with Gasteiger partial charge in [0.05, 0.1) is 5.56 Å². The SMILES string of the molecule is CC(CCBr)CNC(=O)c1cccnc1. The van der Waals surface area contributed by atoms with Gasteiger partial charge in [-0.3, -0.25) is 9.78 Å². The van der Waals surface area contributed by atoms with E-state index in [1.165, 1.54) is 0 Å². The number of carbonyl (C=O) groups excluding carboxylic acids is 1. The van der Waals surface area contributed by atoms with Crippen molar-refractivity contribution < 1.29 is 4.79 Å². The molecule has 0 bridgehead atoms. The zero-order valence-electron chi connectivity index (χ0n) is 8.74. The second kappa shape index (κ2) is 6.56. The Bertz CT molecular complexity index is 303. The minimum atomic E-state index is -0.0514. The fourth-order valence-corrected chi connectivity index (χ4v) is 1.94. The molecule has 0 aliphatic heterocycles. The van der Waals surface area contributed by atoms with Gasteiger partial charge in [-0.1, -0.05) is 22.9 Å². The van der Waals surface area contributed by atoms with Crippen LogP contribution in [0.3, 0.4) is 0 Å². The molecule has 3 nitrogen and oxygen atoms in total. The number of hydrogen-bond donors (Lipinski definition) is 1. The minimum absolute atomic E-state index is 0.0514. The summed E-state index contributed by atoms with van der Waals surface area (Å²) in [4.78, 5) is 15.5. The van der Waals surface area contributed by atoms with Gasteiger partial charge in [0.15, 0.2) is 0 Å². The van der Waals surface area contributed by atoms with Crippen molar-refractivity contribution in [3.05, 3.63) is 30.1 Å². The van der Waals surface area contributed by atoms with Crippen LogP contribution < -0.4 is 5.32 Å². The van der Waals surface area contributed by atoms with Crippen molar-refractivity contribution >= 4 is 21.8 Å². The monoisotopic (exact) mass is 270 g/mol. The van der Waals surface area contributed by atoms with Crippen LogP contribution in [0.2, 0.25) is 0 Å². The van der Waals surface area contributed by atoms with Gasteiger partial charge in [-0.2, -0.15) is 0 Å². The molecule has 0 aliphatic carbocycles. The molecule has 1 unspecified atom stereocenters. The molecule has 4 heteroatoms. The summed E-state index contributed by atoms with van der Waals surface area (Å²) in [5.74, 6) is 0.439. The molecule has 0 spiro atoms. The molecule has 0 radical (unpaired) electrons. The van der Waals surface area contributed by atoms with Gasteiger partial charge in [0, 0.05) is 24.3 Å². The Labute approximate surface area is 98.4 Å². The Morgan fingerprint density at radius 2 is 2.47 bits per heavy atom. The lowest BCUT2D eigenvalue weighted by Gasteiger charge is -2.10. The van der Waals surface area contributed by atoms with Crippen molar-refractivity contribution in [1.29, 1.82) is 0 Å². The van der Waals surface area contributed by atoms with Crippen LogP contribution in [0.4, 0.5) is 0 Å². The zero-order valence-corrected chi connectivity index (χ0v) is 10.3. The van der Waals surface area contributed by atoms with Gasteiger partial charge in [-0.25, -0.2) is 0 Å². The number of rotatable bonds is 5. The van der Waals surface area contributed by atoms with Gasteiger partial charge >= 0.3 is 0 Å².